The van der Waals surface area contributed by atoms with E-state index in [1.807, 2.05) is 0 Å². The molecule has 17 heavy (non-hydrogen) atoms. The number of rotatable bonds is 3. The Bertz CT molecular complexity index is 336. The number of nitrogens with zero attached hydrogens (tertiary/aromatic N) is 1. The molecule has 0 unspecified atom stereocenters. The van der Waals surface area contributed by atoms with Crippen LogP contribution in [-0.4, -0.2) is 32.1 Å². The summed E-state index contributed by atoms with van der Waals surface area (Å²) >= 11 is 0. The Kier molecular flexibility index (Phi) is 4.06. The van der Waals surface area contributed by atoms with E-state index in [4.69, 9.17) is 4.74 Å². The third kappa shape index (κ3) is 3.01. The van der Waals surface area contributed by atoms with Gasteiger partial charge in [-0.25, -0.2) is 0 Å². The van der Waals surface area contributed by atoms with Crippen LogP contribution in [0.5, 0.6) is 5.75 Å². The number of benzene rings is 1. The van der Waals surface area contributed by atoms with Crippen molar-refractivity contribution in [3.63, 3.8) is 0 Å². The Balaban J connectivity index is 1.95. The predicted molar refractivity (Wildman–Crippen MR) is 71.7 cm³/mol. The van der Waals surface area contributed by atoms with Crippen LogP contribution in [0.4, 0.5) is 0 Å². The molecule has 2 rings (SSSR count). The summed E-state index contributed by atoms with van der Waals surface area (Å²) in [6, 6.07) is 9.38. The Morgan fingerprint density at radius 3 is 2.06 bits per heavy atom. The highest BCUT2D eigenvalue weighted by Crippen LogP contribution is 2.34. The van der Waals surface area contributed by atoms with Crippen LogP contribution in [0.1, 0.15) is 37.2 Å². The second-order valence-electron chi connectivity index (χ2n) is 5.24. The lowest BCUT2D eigenvalue weighted by Crippen LogP contribution is -2.31. The van der Waals surface area contributed by atoms with Gasteiger partial charge in [-0.1, -0.05) is 12.1 Å². The fourth-order valence-corrected chi connectivity index (χ4v) is 2.80. The summed E-state index contributed by atoms with van der Waals surface area (Å²) in [6.45, 7) is 0. The van der Waals surface area contributed by atoms with E-state index >= 15 is 0 Å². The van der Waals surface area contributed by atoms with Crippen molar-refractivity contribution in [1.29, 1.82) is 0 Å². The lowest BCUT2D eigenvalue weighted by atomic mass is 9.81. The Hall–Kier alpha value is -1.02. The third-order valence-electron chi connectivity index (χ3n) is 4.01. The summed E-state index contributed by atoms with van der Waals surface area (Å²) in [5.41, 5.74) is 1.48. The molecule has 0 bridgehead atoms. The first-order valence-corrected chi connectivity index (χ1v) is 6.51. The minimum absolute atomic E-state index is 0.747. The molecule has 2 nitrogen and oxygen atoms in total. The minimum Gasteiger partial charge on any atom is -0.497 e. The predicted octanol–water partition coefficient (Wildman–Crippen LogP) is 3.28. The Morgan fingerprint density at radius 2 is 1.59 bits per heavy atom. The van der Waals surface area contributed by atoms with E-state index in [-0.39, 0.29) is 0 Å². The van der Waals surface area contributed by atoms with Gasteiger partial charge in [0.15, 0.2) is 0 Å². The molecule has 1 saturated carbocycles. The number of methoxy groups -OCH3 is 1. The van der Waals surface area contributed by atoms with Gasteiger partial charge in [0.05, 0.1) is 7.11 Å². The lowest BCUT2D eigenvalue weighted by Gasteiger charge is -2.32. The number of hydrogen-bond donors (Lipinski definition) is 0. The van der Waals surface area contributed by atoms with Gasteiger partial charge in [-0.2, -0.15) is 0 Å². The molecule has 0 heterocycles. The van der Waals surface area contributed by atoms with Crippen LogP contribution in [0.3, 0.4) is 0 Å². The fraction of sp³-hybridized carbons (Fsp3) is 0.600. The molecule has 94 valence electrons. The van der Waals surface area contributed by atoms with E-state index < -0.39 is 0 Å². The van der Waals surface area contributed by atoms with Gasteiger partial charge in [0.1, 0.15) is 5.75 Å². The van der Waals surface area contributed by atoms with Crippen LogP contribution in [0.2, 0.25) is 0 Å². The smallest absolute Gasteiger partial charge is 0.118 e. The highest BCUT2D eigenvalue weighted by atomic mass is 16.5. The average Bonchev–Trinajstić information content (AvgIpc) is 2.39. The van der Waals surface area contributed by atoms with Crippen molar-refractivity contribution in [2.45, 2.75) is 37.6 Å². The molecular formula is C15H23NO. The highest BCUT2D eigenvalue weighted by molar-refractivity contribution is 5.29. The third-order valence-corrected chi connectivity index (χ3v) is 4.01. The zero-order chi connectivity index (χ0) is 12.3. The van der Waals surface area contributed by atoms with Crippen LogP contribution in [0, 0.1) is 0 Å². The molecular weight excluding hydrogens is 210 g/mol. The van der Waals surface area contributed by atoms with Gasteiger partial charge in [0.2, 0.25) is 0 Å². The standard InChI is InChI=1S/C15H23NO/c1-16(2)14-8-4-12(5-9-14)13-6-10-15(17-3)11-7-13/h6-7,10-12,14H,4-5,8-9H2,1-3H3. The van der Waals surface area contributed by atoms with Crippen molar-refractivity contribution >= 4 is 0 Å². The van der Waals surface area contributed by atoms with Crippen LogP contribution < -0.4 is 4.74 Å². The van der Waals surface area contributed by atoms with Gasteiger partial charge < -0.3 is 9.64 Å². The summed E-state index contributed by atoms with van der Waals surface area (Å²) in [4.78, 5) is 2.37. The maximum Gasteiger partial charge on any atom is 0.118 e. The average molecular weight is 233 g/mol. The normalized spacial score (nSPS) is 24.9. The Morgan fingerprint density at radius 1 is 1.00 bits per heavy atom. The molecule has 1 aromatic rings. The van der Waals surface area contributed by atoms with Crippen molar-refractivity contribution in [1.82, 2.24) is 4.90 Å². The molecule has 0 aromatic heterocycles. The second-order valence-corrected chi connectivity index (χ2v) is 5.24. The minimum atomic E-state index is 0.747. The van der Waals surface area contributed by atoms with E-state index in [9.17, 15) is 0 Å². The maximum atomic E-state index is 5.20. The SMILES string of the molecule is COc1ccc(C2CCC(N(C)C)CC2)cc1. The van der Waals surface area contributed by atoms with Crippen molar-refractivity contribution in [2.24, 2.45) is 0 Å². The van der Waals surface area contributed by atoms with E-state index in [0.29, 0.717) is 0 Å². The van der Waals surface area contributed by atoms with E-state index in [1.165, 1.54) is 31.2 Å². The van der Waals surface area contributed by atoms with Gasteiger partial charge in [-0.3, -0.25) is 0 Å². The van der Waals surface area contributed by atoms with Gasteiger partial charge in [0.25, 0.3) is 0 Å². The van der Waals surface area contributed by atoms with E-state index in [0.717, 1.165) is 17.7 Å². The first kappa shape index (κ1) is 12.4. The Labute approximate surface area is 105 Å². The second kappa shape index (κ2) is 5.54. The lowest BCUT2D eigenvalue weighted by molar-refractivity contribution is 0.216. The summed E-state index contributed by atoms with van der Waals surface area (Å²) in [5.74, 6) is 1.70. The van der Waals surface area contributed by atoms with Crippen LogP contribution in [-0.2, 0) is 0 Å². The molecule has 0 amide bonds. The van der Waals surface area contributed by atoms with Crippen LogP contribution in [0.25, 0.3) is 0 Å². The molecule has 0 N–H and O–H groups in total. The summed E-state index contributed by atoms with van der Waals surface area (Å²) in [6.07, 6.45) is 5.28. The topological polar surface area (TPSA) is 12.5 Å². The molecule has 0 spiro atoms. The monoisotopic (exact) mass is 233 g/mol. The first-order valence-electron chi connectivity index (χ1n) is 6.51. The number of hydrogen-bond acceptors (Lipinski definition) is 2. The van der Waals surface area contributed by atoms with Crippen LogP contribution in [0.15, 0.2) is 24.3 Å². The maximum absolute atomic E-state index is 5.20. The van der Waals surface area contributed by atoms with Crippen molar-refractivity contribution in [3.8, 4) is 5.75 Å². The van der Waals surface area contributed by atoms with Gasteiger partial charge in [-0.05, 0) is 63.4 Å². The molecule has 0 saturated heterocycles. The molecule has 1 aromatic carbocycles. The highest BCUT2D eigenvalue weighted by Gasteiger charge is 2.23. The molecule has 1 fully saturated rings. The zero-order valence-corrected chi connectivity index (χ0v) is 11.1. The molecule has 0 atom stereocenters. The largest absolute Gasteiger partial charge is 0.497 e. The molecule has 0 radical (unpaired) electrons. The van der Waals surface area contributed by atoms with Crippen molar-refractivity contribution < 1.29 is 4.74 Å². The van der Waals surface area contributed by atoms with E-state index in [1.54, 1.807) is 7.11 Å². The summed E-state index contributed by atoms with van der Waals surface area (Å²) in [7, 11) is 6.11. The zero-order valence-electron chi connectivity index (χ0n) is 11.1. The van der Waals surface area contributed by atoms with Gasteiger partial charge in [-0.15, -0.1) is 0 Å². The summed E-state index contributed by atoms with van der Waals surface area (Å²) < 4.78 is 5.20. The fourth-order valence-electron chi connectivity index (χ4n) is 2.80. The van der Waals surface area contributed by atoms with E-state index in [2.05, 4.69) is 43.3 Å². The first-order chi connectivity index (χ1) is 8.20. The summed E-state index contributed by atoms with van der Waals surface area (Å²) in [5, 5.41) is 0. The molecule has 1 aliphatic rings. The van der Waals surface area contributed by atoms with Gasteiger partial charge in [0, 0.05) is 6.04 Å². The van der Waals surface area contributed by atoms with Gasteiger partial charge >= 0.3 is 0 Å². The van der Waals surface area contributed by atoms with Crippen LogP contribution >= 0.6 is 0 Å². The quantitative estimate of drug-likeness (QED) is 0.794. The number of ether oxygens (including phenoxy) is 1. The van der Waals surface area contributed by atoms with Crippen molar-refractivity contribution in [3.05, 3.63) is 29.8 Å². The van der Waals surface area contributed by atoms with Crippen molar-refractivity contribution in [2.75, 3.05) is 21.2 Å². The molecule has 1 aliphatic carbocycles. The molecule has 2 heteroatoms. The molecule has 0 aliphatic heterocycles.